The van der Waals surface area contributed by atoms with Gasteiger partial charge in [-0.3, -0.25) is 0 Å². The molecule has 2 aliphatic carbocycles. The molecule has 0 aromatic heterocycles. The zero-order valence-electron chi connectivity index (χ0n) is 10.0. The molecule has 0 aromatic carbocycles. The molecule has 9 heteroatoms. The number of rotatable bonds is 2. The van der Waals surface area contributed by atoms with Gasteiger partial charge in [0.25, 0.3) is 5.60 Å². The monoisotopic (exact) mass is 324 g/mol. The molecule has 4 unspecified atom stereocenters. The minimum atomic E-state index is -5.49. The highest BCUT2D eigenvalue weighted by Crippen LogP contribution is 2.71. The molecule has 3 rings (SSSR count). The normalized spacial score (nSPS) is 42.5. The fourth-order valence-corrected chi connectivity index (χ4v) is 4.36. The van der Waals surface area contributed by atoms with Crippen LogP contribution in [0.2, 0.25) is 0 Å². The Morgan fingerprint density at radius 2 is 1.75 bits per heavy atom. The number of hydrogen-bond donors (Lipinski definition) is 0. The Morgan fingerprint density at radius 3 is 2.25 bits per heavy atom. The molecule has 0 spiro atoms. The van der Waals surface area contributed by atoms with Gasteiger partial charge in [-0.25, -0.2) is 0 Å². The first kappa shape index (κ1) is 14.7. The molecule has 1 saturated heterocycles. The first-order valence-electron chi connectivity index (χ1n) is 6.10. The van der Waals surface area contributed by atoms with Gasteiger partial charge < -0.3 is 9.47 Å². The van der Waals surface area contributed by atoms with Crippen molar-refractivity contribution >= 4 is 11.6 Å². The summed E-state index contributed by atoms with van der Waals surface area (Å²) in [5.41, 5.74) is -5.13. The molecule has 2 nitrogen and oxygen atoms in total. The first-order chi connectivity index (χ1) is 9.09. The van der Waals surface area contributed by atoms with E-state index in [9.17, 15) is 26.3 Å². The minimum absolute atomic E-state index is 0.142. The van der Waals surface area contributed by atoms with Crippen LogP contribution in [0.3, 0.4) is 0 Å². The predicted molar refractivity (Wildman–Crippen MR) is 55.1 cm³/mol. The molecule has 20 heavy (non-hydrogen) atoms. The van der Waals surface area contributed by atoms with Gasteiger partial charge in [-0.15, -0.1) is 0 Å². The van der Waals surface area contributed by atoms with E-state index in [1.54, 1.807) is 0 Å². The molecular weight excluding hydrogens is 314 g/mol. The third-order valence-electron chi connectivity index (χ3n) is 4.87. The van der Waals surface area contributed by atoms with Crippen LogP contribution in [0.25, 0.3) is 0 Å². The van der Waals surface area contributed by atoms with Gasteiger partial charge in [-0.1, -0.05) is 11.6 Å². The van der Waals surface area contributed by atoms with E-state index >= 15 is 0 Å². The maximum Gasteiger partial charge on any atom is 0.426 e. The second-order valence-electron chi connectivity index (χ2n) is 5.62. The summed E-state index contributed by atoms with van der Waals surface area (Å²) in [6, 6.07) is -0.273. The maximum atomic E-state index is 13.0. The number of fused-ring (bicyclic) bond motifs is 5. The fraction of sp³-hybridized carbons (Fsp3) is 1.00. The van der Waals surface area contributed by atoms with Crippen LogP contribution < -0.4 is 0 Å². The van der Waals surface area contributed by atoms with Gasteiger partial charge in [0.2, 0.25) is 0 Å². The topological polar surface area (TPSA) is 18.5 Å². The maximum absolute atomic E-state index is 13.0. The average Bonchev–Trinajstić information content (AvgIpc) is 2.65. The Balaban J connectivity index is 1.98. The third-order valence-corrected chi connectivity index (χ3v) is 4.97. The lowest BCUT2D eigenvalue weighted by molar-refractivity contribution is -0.478. The van der Waals surface area contributed by atoms with E-state index in [0.717, 1.165) is 0 Å². The van der Waals surface area contributed by atoms with Gasteiger partial charge in [-0.05, 0) is 25.2 Å². The zero-order chi connectivity index (χ0) is 15.0. The van der Waals surface area contributed by atoms with Crippen LogP contribution in [0.15, 0.2) is 0 Å². The number of alkyl halides is 7. The summed E-state index contributed by atoms with van der Waals surface area (Å²) in [6.07, 6.45) is -11.4. The van der Waals surface area contributed by atoms with Crippen LogP contribution in [-0.2, 0) is 9.47 Å². The Kier molecular flexibility index (Phi) is 2.91. The SMILES string of the molecule is FC(F)(F)C1(C(F)(F)F)OC2C1C1CCC2(OCCl)C1. The Labute approximate surface area is 115 Å². The lowest BCUT2D eigenvalue weighted by Crippen LogP contribution is -2.78. The molecule has 1 aliphatic heterocycles. The summed E-state index contributed by atoms with van der Waals surface area (Å²) >= 11 is 5.43. The molecule has 3 aliphatic rings. The largest absolute Gasteiger partial charge is 0.426 e. The summed E-state index contributed by atoms with van der Waals surface area (Å²) in [5, 5.41) is 0. The van der Waals surface area contributed by atoms with Gasteiger partial charge in [0, 0.05) is 5.92 Å². The highest BCUT2D eigenvalue weighted by atomic mass is 35.5. The van der Waals surface area contributed by atoms with Gasteiger partial charge in [0.15, 0.2) is 0 Å². The van der Waals surface area contributed by atoms with Crippen LogP contribution in [0.1, 0.15) is 19.3 Å². The molecule has 0 N–H and O–H groups in total. The molecule has 2 bridgehead atoms. The van der Waals surface area contributed by atoms with Crippen LogP contribution in [-0.4, -0.2) is 35.7 Å². The minimum Gasteiger partial charge on any atom is -0.357 e. The lowest BCUT2D eigenvalue weighted by atomic mass is 9.67. The second-order valence-corrected chi connectivity index (χ2v) is 5.83. The van der Waals surface area contributed by atoms with E-state index in [1.807, 2.05) is 0 Å². The highest BCUT2D eigenvalue weighted by Gasteiger charge is 2.88. The van der Waals surface area contributed by atoms with Crippen molar-refractivity contribution in [3.05, 3.63) is 0 Å². The molecule has 2 saturated carbocycles. The molecule has 0 amide bonds. The Morgan fingerprint density at radius 1 is 1.15 bits per heavy atom. The van der Waals surface area contributed by atoms with E-state index in [2.05, 4.69) is 4.74 Å². The summed E-state index contributed by atoms with van der Waals surface area (Å²) in [6.45, 7) is 0. The van der Waals surface area contributed by atoms with Gasteiger partial charge in [-0.2, -0.15) is 26.3 Å². The van der Waals surface area contributed by atoms with Crippen molar-refractivity contribution in [2.75, 3.05) is 6.07 Å². The third kappa shape index (κ3) is 1.50. The van der Waals surface area contributed by atoms with Gasteiger partial charge >= 0.3 is 12.4 Å². The summed E-state index contributed by atoms with van der Waals surface area (Å²) in [7, 11) is 0. The van der Waals surface area contributed by atoms with Crippen LogP contribution >= 0.6 is 11.6 Å². The van der Waals surface area contributed by atoms with Gasteiger partial charge in [0.1, 0.15) is 6.07 Å². The second kappa shape index (κ2) is 3.95. The summed E-state index contributed by atoms with van der Waals surface area (Å²) in [4.78, 5) is 0. The van der Waals surface area contributed by atoms with Crippen molar-refractivity contribution in [3.63, 3.8) is 0 Å². The summed E-state index contributed by atoms with van der Waals surface area (Å²) in [5.74, 6) is -2.32. The van der Waals surface area contributed by atoms with E-state index in [1.165, 1.54) is 0 Å². The van der Waals surface area contributed by atoms with E-state index in [4.69, 9.17) is 16.3 Å². The summed E-state index contributed by atoms with van der Waals surface area (Å²) < 4.78 is 87.8. The Hall–Kier alpha value is -0.210. The lowest BCUT2D eigenvalue weighted by Gasteiger charge is -2.58. The average molecular weight is 325 g/mol. The van der Waals surface area contributed by atoms with Crippen molar-refractivity contribution in [2.24, 2.45) is 11.8 Å². The van der Waals surface area contributed by atoms with E-state index in [0.29, 0.717) is 6.42 Å². The van der Waals surface area contributed by atoms with Crippen LogP contribution in [0, 0.1) is 11.8 Å². The van der Waals surface area contributed by atoms with Crippen LogP contribution in [0.5, 0.6) is 0 Å². The van der Waals surface area contributed by atoms with Gasteiger partial charge in [0.05, 0.1) is 11.7 Å². The van der Waals surface area contributed by atoms with E-state index in [-0.39, 0.29) is 18.9 Å². The van der Waals surface area contributed by atoms with Crippen molar-refractivity contribution in [1.29, 1.82) is 0 Å². The van der Waals surface area contributed by atoms with Crippen molar-refractivity contribution in [1.82, 2.24) is 0 Å². The van der Waals surface area contributed by atoms with Crippen molar-refractivity contribution in [3.8, 4) is 0 Å². The van der Waals surface area contributed by atoms with Crippen LogP contribution in [0.4, 0.5) is 26.3 Å². The molecule has 0 aromatic rings. The van der Waals surface area contributed by atoms with Crippen molar-refractivity contribution < 1.29 is 35.8 Å². The number of halogens is 7. The van der Waals surface area contributed by atoms with Crippen molar-refractivity contribution in [2.45, 2.75) is 48.9 Å². The standard InChI is InChI=1S/C11H11ClF6O2/c12-4-19-8-2-1-5(3-8)6-7(8)20-9(6,10(13,14)15)11(16,17)18/h5-7H,1-4H2. The fourth-order valence-electron chi connectivity index (χ4n) is 4.14. The van der Waals surface area contributed by atoms with E-state index < -0.39 is 41.5 Å². The molecule has 1 heterocycles. The molecule has 116 valence electrons. The molecule has 3 fully saturated rings. The molecule has 0 radical (unpaired) electrons. The predicted octanol–water partition coefficient (Wildman–Crippen LogP) is 3.63. The molecular formula is C11H11ClF6O2. The number of hydrogen-bond acceptors (Lipinski definition) is 2. The Bertz CT molecular complexity index is 408. The number of ether oxygens (including phenoxy) is 2. The smallest absolute Gasteiger partial charge is 0.357 e. The highest BCUT2D eigenvalue weighted by molar-refractivity contribution is 6.17. The molecule has 4 atom stereocenters. The quantitative estimate of drug-likeness (QED) is 0.570. The first-order valence-corrected chi connectivity index (χ1v) is 6.64. The zero-order valence-corrected chi connectivity index (χ0v) is 10.8.